The van der Waals surface area contributed by atoms with Gasteiger partial charge in [0.2, 0.25) is 0 Å². The topological polar surface area (TPSA) is 15.3 Å². The van der Waals surface area contributed by atoms with Crippen molar-refractivity contribution in [3.8, 4) is 0 Å². The zero-order chi connectivity index (χ0) is 11.8. The molecule has 1 fully saturated rings. The minimum absolute atomic E-state index is 0.669. The van der Waals surface area contributed by atoms with Gasteiger partial charge in [-0.3, -0.25) is 4.90 Å². The smallest absolute Gasteiger partial charge is 0.0357 e. The van der Waals surface area contributed by atoms with Crippen molar-refractivity contribution in [1.29, 1.82) is 0 Å². The standard InChI is InChI=1S/C15H22N2/c1-11-3-4-13-12(2)10-15(14(13)9-11)17-7-5-16-6-8-17/h3-4,9,12,15-16H,5-8,10H2,1-2H3. The Balaban J connectivity index is 1.91. The molecule has 2 nitrogen and oxygen atoms in total. The minimum Gasteiger partial charge on any atom is -0.314 e. The van der Waals surface area contributed by atoms with Crippen molar-refractivity contribution in [1.82, 2.24) is 10.2 Å². The quantitative estimate of drug-likeness (QED) is 0.797. The molecule has 0 spiro atoms. The summed E-state index contributed by atoms with van der Waals surface area (Å²) in [7, 11) is 0. The molecule has 1 aromatic rings. The Hall–Kier alpha value is -0.860. The van der Waals surface area contributed by atoms with Crippen molar-refractivity contribution in [3.05, 3.63) is 34.9 Å². The van der Waals surface area contributed by atoms with Crippen LogP contribution >= 0.6 is 0 Å². The number of rotatable bonds is 1. The van der Waals surface area contributed by atoms with E-state index in [-0.39, 0.29) is 0 Å². The molecule has 92 valence electrons. The summed E-state index contributed by atoms with van der Waals surface area (Å²) in [6.07, 6.45) is 1.30. The van der Waals surface area contributed by atoms with Crippen LogP contribution in [0.1, 0.15) is 42.0 Å². The Morgan fingerprint density at radius 2 is 1.94 bits per heavy atom. The molecule has 1 aliphatic carbocycles. The second kappa shape index (κ2) is 4.43. The lowest BCUT2D eigenvalue weighted by Gasteiger charge is -2.33. The van der Waals surface area contributed by atoms with Crippen LogP contribution in [0.4, 0.5) is 0 Å². The van der Waals surface area contributed by atoms with Crippen molar-refractivity contribution >= 4 is 0 Å². The number of nitrogens with one attached hydrogen (secondary N) is 1. The van der Waals surface area contributed by atoms with Crippen LogP contribution in [-0.2, 0) is 0 Å². The van der Waals surface area contributed by atoms with Crippen LogP contribution < -0.4 is 5.32 Å². The first kappa shape index (κ1) is 11.2. The molecule has 1 aliphatic heterocycles. The summed E-state index contributed by atoms with van der Waals surface area (Å²) in [6, 6.07) is 7.68. The zero-order valence-corrected chi connectivity index (χ0v) is 10.9. The first-order valence-corrected chi connectivity index (χ1v) is 6.81. The summed E-state index contributed by atoms with van der Waals surface area (Å²) in [4.78, 5) is 2.66. The fourth-order valence-corrected chi connectivity index (χ4v) is 3.36. The highest BCUT2D eigenvalue weighted by molar-refractivity contribution is 5.40. The molecule has 2 unspecified atom stereocenters. The summed E-state index contributed by atoms with van der Waals surface area (Å²) >= 11 is 0. The van der Waals surface area contributed by atoms with E-state index >= 15 is 0 Å². The number of hydrogen-bond donors (Lipinski definition) is 1. The Kier molecular flexibility index (Phi) is 2.93. The maximum absolute atomic E-state index is 3.44. The number of aryl methyl sites for hydroxylation is 1. The van der Waals surface area contributed by atoms with Gasteiger partial charge in [0.05, 0.1) is 0 Å². The first-order valence-electron chi connectivity index (χ1n) is 6.81. The van der Waals surface area contributed by atoms with E-state index in [4.69, 9.17) is 0 Å². The highest BCUT2D eigenvalue weighted by atomic mass is 15.2. The molecule has 1 aromatic carbocycles. The Morgan fingerprint density at radius 1 is 1.18 bits per heavy atom. The molecule has 2 aliphatic rings. The minimum atomic E-state index is 0.669. The number of hydrogen-bond acceptors (Lipinski definition) is 2. The molecule has 17 heavy (non-hydrogen) atoms. The average molecular weight is 230 g/mol. The molecule has 2 atom stereocenters. The highest BCUT2D eigenvalue weighted by Crippen LogP contribution is 2.43. The van der Waals surface area contributed by atoms with Crippen LogP contribution in [0.25, 0.3) is 0 Å². The zero-order valence-electron chi connectivity index (χ0n) is 10.9. The van der Waals surface area contributed by atoms with Crippen LogP contribution in [0.2, 0.25) is 0 Å². The van der Waals surface area contributed by atoms with Crippen LogP contribution in [0.15, 0.2) is 18.2 Å². The van der Waals surface area contributed by atoms with E-state index in [0.29, 0.717) is 6.04 Å². The molecule has 3 rings (SSSR count). The van der Waals surface area contributed by atoms with E-state index in [1.165, 1.54) is 25.1 Å². The van der Waals surface area contributed by atoms with Gasteiger partial charge in [-0.15, -0.1) is 0 Å². The van der Waals surface area contributed by atoms with Crippen molar-refractivity contribution in [3.63, 3.8) is 0 Å². The van der Waals surface area contributed by atoms with E-state index in [1.54, 1.807) is 11.1 Å². The second-order valence-electron chi connectivity index (χ2n) is 5.57. The normalized spacial score (nSPS) is 29.3. The first-order chi connectivity index (χ1) is 8.25. The van der Waals surface area contributed by atoms with Crippen molar-refractivity contribution < 1.29 is 0 Å². The highest BCUT2D eigenvalue weighted by Gasteiger charge is 2.32. The fraction of sp³-hybridized carbons (Fsp3) is 0.600. The molecule has 0 amide bonds. The molecule has 1 saturated heterocycles. The molecule has 1 N–H and O–H groups in total. The van der Waals surface area contributed by atoms with Crippen molar-refractivity contribution in [2.24, 2.45) is 0 Å². The van der Waals surface area contributed by atoms with E-state index < -0.39 is 0 Å². The average Bonchev–Trinajstić information content (AvgIpc) is 2.67. The van der Waals surface area contributed by atoms with Crippen LogP contribution in [0.3, 0.4) is 0 Å². The monoisotopic (exact) mass is 230 g/mol. The van der Waals surface area contributed by atoms with Gasteiger partial charge in [-0.05, 0) is 30.4 Å². The lowest BCUT2D eigenvalue weighted by Crippen LogP contribution is -2.44. The number of nitrogens with zero attached hydrogens (tertiary/aromatic N) is 1. The molecule has 0 radical (unpaired) electrons. The summed E-state index contributed by atoms with van der Waals surface area (Å²) < 4.78 is 0. The molecule has 0 aromatic heterocycles. The van der Waals surface area contributed by atoms with Gasteiger partial charge in [0.1, 0.15) is 0 Å². The van der Waals surface area contributed by atoms with Gasteiger partial charge >= 0.3 is 0 Å². The lowest BCUT2D eigenvalue weighted by atomic mass is 10.0. The maximum atomic E-state index is 3.44. The molecule has 2 heteroatoms. The Labute approximate surface area is 104 Å². The van der Waals surface area contributed by atoms with E-state index in [2.05, 4.69) is 42.3 Å². The molecular weight excluding hydrogens is 208 g/mol. The van der Waals surface area contributed by atoms with Gasteiger partial charge in [0.25, 0.3) is 0 Å². The summed E-state index contributed by atoms with van der Waals surface area (Å²) in [5.74, 6) is 0.727. The summed E-state index contributed by atoms with van der Waals surface area (Å²) in [6.45, 7) is 9.27. The SMILES string of the molecule is Cc1ccc2c(c1)C(N1CCNCC1)CC2C. The van der Waals surface area contributed by atoms with E-state index in [9.17, 15) is 0 Å². The molecule has 0 saturated carbocycles. The number of piperazine rings is 1. The predicted molar refractivity (Wildman–Crippen MR) is 71.4 cm³/mol. The van der Waals surface area contributed by atoms with Gasteiger partial charge in [0.15, 0.2) is 0 Å². The van der Waals surface area contributed by atoms with Crippen LogP contribution in [-0.4, -0.2) is 31.1 Å². The third-order valence-electron chi connectivity index (χ3n) is 4.30. The Bertz CT molecular complexity index is 407. The summed E-state index contributed by atoms with van der Waals surface area (Å²) in [5.41, 5.74) is 4.58. The van der Waals surface area contributed by atoms with Gasteiger partial charge in [0, 0.05) is 32.2 Å². The molecule has 0 bridgehead atoms. The largest absolute Gasteiger partial charge is 0.314 e. The van der Waals surface area contributed by atoms with Crippen LogP contribution in [0.5, 0.6) is 0 Å². The van der Waals surface area contributed by atoms with Crippen molar-refractivity contribution in [2.75, 3.05) is 26.2 Å². The maximum Gasteiger partial charge on any atom is 0.0357 e. The van der Waals surface area contributed by atoms with Crippen molar-refractivity contribution in [2.45, 2.75) is 32.2 Å². The van der Waals surface area contributed by atoms with E-state index in [1.807, 2.05) is 0 Å². The third-order valence-corrected chi connectivity index (χ3v) is 4.30. The second-order valence-corrected chi connectivity index (χ2v) is 5.57. The van der Waals surface area contributed by atoms with Gasteiger partial charge < -0.3 is 5.32 Å². The van der Waals surface area contributed by atoms with Gasteiger partial charge in [-0.1, -0.05) is 30.7 Å². The van der Waals surface area contributed by atoms with Gasteiger partial charge in [-0.2, -0.15) is 0 Å². The summed E-state index contributed by atoms with van der Waals surface area (Å²) in [5, 5.41) is 3.44. The van der Waals surface area contributed by atoms with Crippen LogP contribution in [0, 0.1) is 6.92 Å². The van der Waals surface area contributed by atoms with E-state index in [0.717, 1.165) is 19.0 Å². The van der Waals surface area contributed by atoms with Gasteiger partial charge in [-0.25, -0.2) is 0 Å². The lowest BCUT2D eigenvalue weighted by molar-refractivity contribution is 0.170. The fourth-order valence-electron chi connectivity index (χ4n) is 3.36. The molecular formula is C15H22N2. The number of benzene rings is 1. The Morgan fingerprint density at radius 3 is 2.71 bits per heavy atom. The molecule has 1 heterocycles. The predicted octanol–water partition coefficient (Wildman–Crippen LogP) is 2.45. The third kappa shape index (κ3) is 2.00. The number of fused-ring (bicyclic) bond motifs is 1.